The lowest BCUT2D eigenvalue weighted by atomic mass is 10.2. The van der Waals surface area contributed by atoms with E-state index in [2.05, 4.69) is 23.7 Å². The van der Waals surface area contributed by atoms with Crippen LogP contribution < -0.4 is 0 Å². The minimum Gasteiger partial charge on any atom is -0.395 e. The van der Waals surface area contributed by atoms with Crippen molar-refractivity contribution in [2.45, 2.75) is 25.8 Å². The fourth-order valence-electron chi connectivity index (χ4n) is 2.11. The lowest BCUT2D eigenvalue weighted by Crippen LogP contribution is -2.54. The van der Waals surface area contributed by atoms with Gasteiger partial charge >= 0.3 is 0 Å². The zero-order valence-corrected chi connectivity index (χ0v) is 12.5. The number of aliphatic hydroxyl groups excluding tert-OH is 1. The first kappa shape index (κ1) is 14.4. The molecule has 1 aliphatic rings. The second kappa shape index (κ2) is 5.98. The molecule has 0 saturated carbocycles. The fraction of sp³-hybridized carbons (Fsp3) is 0.692. The summed E-state index contributed by atoms with van der Waals surface area (Å²) in [5.74, 6) is 0.332. The highest BCUT2D eigenvalue weighted by Gasteiger charge is 2.28. The molecule has 6 heteroatoms. The van der Waals surface area contributed by atoms with Crippen molar-refractivity contribution in [3.63, 3.8) is 0 Å². The number of carbonyl (C=O) groups is 1. The summed E-state index contributed by atoms with van der Waals surface area (Å²) in [6.07, 6.45) is 0. The van der Waals surface area contributed by atoms with E-state index in [1.807, 2.05) is 12.4 Å². The summed E-state index contributed by atoms with van der Waals surface area (Å²) in [5.41, 5.74) is 0.973. The molecule has 1 aromatic heterocycles. The van der Waals surface area contributed by atoms with Crippen molar-refractivity contribution in [2.75, 3.05) is 33.3 Å². The Hall–Kier alpha value is -0.980. The van der Waals surface area contributed by atoms with Gasteiger partial charge in [-0.15, -0.1) is 11.3 Å². The Bertz CT molecular complexity index is 447. The molecule has 1 aromatic rings. The highest BCUT2D eigenvalue weighted by Crippen LogP contribution is 2.20. The first-order valence-corrected chi connectivity index (χ1v) is 7.46. The lowest BCUT2D eigenvalue weighted by molar-refractivity contribution is 0.0420. The number of hydrogen-bond acceptors (Lipinski definition) is 5. The van der Waals surface area contributed by atoms with Gasteiger partial charge in [-0.25, -0.2) is 4.98 Å². The monoisotopic (exact) mass is 283 g/mol. The Morgan fingerprint density at radius 2 is 2.32 bits per heavy atom. The largest absolute Gasteiger partial charge is 0.395 e. The lowest BCUT2D eigenvalue weighted by Gasteiger charge is -2.38. The molecule has 0 radical (unpaired) electrons. The van der Waals surface area contributed by atoms with Crippen molar-refractivity contribution in [3.8, 4) is 0 Å². The Kier molecular flexibility index (Phi) is 4.54. The molecule has 1 N–H and O–H groups in total. The Labute approximate surface area is 117 Å². The normalized spacial score (nSPS) is 21.1. The van der Waals surface area contributed by atoms with Crippen molar-refractivity contribution < 1.29 is 9.90 Å². The second-order valence-corrected chi connectivity index (χ2v) is 6.16. The molecule has 1 atom stereocenters. The van der Waals surface area contributed by atoms with E-state index >= 15 is 0 Å². The van der Waals surface area contributed by atoms with Crippen LogP contribution in [0.25, 0.3) is 0 Å². The van der Waals surface area contributed by atoms with E-state index in [0.717, 1.165) is 12.2 Å². The molecule has 0 bridgehead atoms. The average molecular weight is 283 g/mol. The maximum Gasteiger partial charge on any atom is 0.282 e. The molecule has 0 aromatic carbocycles. The minimum atomic E-state index is -0.0107. The van der Waals surface area contributed by atoms with Crippen LogP contribution in [0, 0.1) is 0 Å². The molecule has 106 valence electrons. The molecule has 1 aliphatic heterocycles. The summed E-state index contributed by atoms with van der Waals surface area (Å²) in [7, 11) is 1.98. The standard InChI is InChI=1S/C13H21N3O2S/c1-9(2)11-8-19-12(14-11)13(18)16-5-4-15(3)10(6-16)7-17/h8-10,17H,4-7H2,1-3H3/t10-/m0/s1. The number of likely N-dealkylation sites (N-methyl/N-ethyl adjacent to an activating group) is 1. The third-order valence-corrected chi connectivity index (χ3v) is 4.42. The van der Waals surface area contributed by atoms with Crippen LogP contribution in [-0.2, 0) is 0 Å². The molecule has 0 unspecified atom stereocenters. The highest BCUT2D eigenvalue weighted by atomic mass is 32.1. The van der Waals surface area contributed by atoms with Crippen molar-refractivity contribution in [1.29, 1.82) is 0 Å². The first-order chi connectivity index (χ1) is 9.02. The fourth-order valence-corrected chi connectivity index (χ4v) is 3.06. The number of piperazine rings is 1. The van der Waals surface area contributed by atoms with Crippen LogP contribution >= 0.6 is 11.3 Å². The topological polar surface area (TPSA) is 56.7 Å². The van der Waals surface area contributed by atoms with Crippen LogP contribution in [0.1, 0.15) is 35.3 Å². The Morgan fingerprint density at radius 3 is 2.89 bits per heavy atom. The summed E-state index contributed by atoms with van der Waals surface area (Å²) in [5, 5.41) is 11.8. The maximum atomic E-state index is 12.4. The molecular weight excluding hydrogens is 262 g/mol. The zero-order chi connectivity index (χ0) is 14.0. The van der Waals surface area contributed by atoms with Crippen LogP contribution in [0.4, 0.5) is 0 Å². The molecule has 5 nitrogen and oxygen atoms in total. The summed E-state index contributed by atoms with van der Waals surface area (Å²) in [6.45, 7) is 6.28. The molecule has 1 amide bonds. The van der Waals surface area contributed by atoms with Gasteiger partial charge in [0.15, 0.2) is 5.01 Å². The molecule has 2 rings (SSSR count). The third kappa shape index (κ3) is 3.13. The molecule has 19 heavy (non-hydrogen) atoms. The van der Waals surface area contributed by atoms with E-state index in [9.17, 15) is 9.90 Å². The predicted molar refractivity (Wildman–Crippen MR) is 75.6 cm³/mol. The van der Waals surface area contributed by atoms with Gasteiger partial charge < -0.3 is 10.0 Å². The number of aromatic nitrogens is 1. The molecule has 1 saturated heterocycles. The molecule has 2 heterocycles. The Morgan fingerprint density at radius 1 is 1.58 bits per heavy atom. The van der Waals surface area contributed by atoms with Crippen LogP contribution in [0.2, 0.25) is 0 Å². The van der Waals surface area contributed by atoms with Crippen molar-refractivity contribution in [2.24, 2.45) is 0 Å². The van der Waals surface area contributed by atoms with Gasteiger partial charge in [-0.3, -0.25) is 9.69 Å². The number of nitrogens with zero attached hydrogens (tertiary/aromatic N) is 3. The summed E-state index contributed by atoms with van der Waals surface area (Å²) >= 11 is 1.41. The zero-order valence-electron chi connectivity index (χ0n) is 11.7. The number of hydrogen-bond donors (Lipinski definition) is 1. The Balaban J connectivity index is 2.06. The first-order valence-electron chi connectivity index (χ1n) is 6.58. The van der Waals surface area contributed by atoms with E-state index in [1.54, 1.807) is 4.90 Å². The number of aliphatic hydroxyl groups is 1. The van der Waals surface area contributed by atoms with E-state index in [4.69, 9.17) is 0 Å². The quantitative estimate of drug-likeness (QED) is 0.899. The van der Waals surface area contributed by atoms with Crippen LogP contribution in [0.3, 0.4) is 0 Å². The van der Waals surface area contributed by atoms with Gasteiger partial charge in [0.25, 0.3) is 5.91 Å². The van der Waals surface area contributed by atoms with Gasteiger partial charge in [0, 0.05) is 25.0 Å². The van der Waals surface area contributed by atoms with Gasteiger partial charge in [-0.05, 0) is 13.0 Å². The second-order valence-electron chi connectivity index (χ2n) is 5.30. The SMILES string of the molecule is CC(C)c1csc(C(=O)N2CCN(C)[C@H](CO)C2)n1. The number of amides is 1. The van der Waals surface area contributed by atoms with Gasteiger partial charge in [-0.2, -0.15) is 0 Å². The molecule has 0 aliphatic carbocycles. The summed E-state index contributed by atoms with van der Waals surface area (Å²) in [4.78, 5) is 20.7. The number of rotatable bonds is 3. The number of thiazole rings is 1. The van der Waals surface area contributed by atoms with Crippen molar-refractivity contribution in [3.05, 3.63) is 16.1 Å². The van der Waals surface area contributed by atoms with Crippen molar-refractivity contribution >= 4 is 17.2 Å². The summed E-state index contributed by atoms with van der Waals surface area (Å²) in [6, 6.07) is 0.0298. The van der Waals surface area contributed by atoms with Gasteiger partial charge in [0.1, 0.15) is 0 Å². The van der Waals surface area contributed by atoms with Gasteiger partial charge in [0.05, 0.1) is 18.3 Å². The third-order valence-electron chi connectivity index (χ3n) is 3.57. The average Bonchev–Trinajstić information content (AvgIpc) is 2.88. The minimum absolute atomic E-state index is 0.0107. The van der Waals surface area contributed by atoms with E-state index in [-0.39, 0.29) is 18.6 Å². The number of carbonyl (C=O) groups excluding carboxylic acids is 1. The van der Waals surface area contributed by atoms with Crippen molar-refractivity contribution in [1.82, 2.24) is 14.8 Å². The van der Waals surface area contributed by atoms with Gasteiger partial charge in [-0.1, -0.05) is 13.8 Å². The van der Waals surface area contributed by atoms with E-state index < -0.39 is 0 Å². The van der Waals surface area contributed by atoms with Gasteiger partial charge in [0.2, 0.25) is 0 Å². The smallest absolute Gasteiger partial charge is 0.282 e. The van der Waals surface area contributed by atoms with Crippen LogP contribution in [0.5, 0.6) is 0 Å². The molecule has 0 spiro atoms. The van der Waals surface area contributed by atoms with E-state index in [0.29, 0.717) is 24.0 Å². The van der Waals surface area contributed by atoms with E-state index in [1.165, 1.54) is 11.3 Å². The summed E-state index contributed by atoms with van der Waals surface area (Å²) < 4.78 is 0. The predicted octanol–water partition coefficient (Wildman–Crippen LogP) is 1.01. The molecular formula is C13H21N3O2S. The molecule has 1 fully saturated rings. The highest BCUT2D eigenvalue weighted by molar-refractivity contribution is 7.11. The van der Waals surface area contributed by atoms with Crippen LogP contribution in [0.15, 0.2) is 5.38 Å². The maximum absolute atomic E-state index is 12.4. The van der Waals surface area contributed by atoms with Crippen LogP contribution in [-0.4, -0.2) is 65.1 Å².